The number of ether oxygens (including phenoxy) is 7. The molecule has 0 spiro atoms. The molecule has 2 N–H and O–H groups in total. The normalized spacial score (nSPS) is 10.8. The summed E-state index contributed by atoms with van der Waals surface area (Å²) in [4.78, 5) is 72.6. The molecule has 0 saturated heterocycles. The van der Waals surface area contributed by atoms with Crippen LogP contribution in [-0.4, -0.2) is 81.2 Å². The summed E-state index contributed by atoms with van der Waals surface area (Å²) in [5.74, 6) is -2.31. The van der Waals surface area contributed by atoms with Crippen LogP contribution in [0.5, 0.6) is 11.5 Å². The number of carbonyl (C=O) groups excluding carboxylic acids is 6. The van der Waals surface area contributed by atoms with Gasteiger partial charge in [0.25, 0.3) is 0 Å². The fraction of sp³-hybridized carbons (Fsp3) is 0.419. The molecule has 0 radical (unpaired) electrons. The highest BCUT2D eigenvalue weighted by atomic mass is 16.7. The second-order valence-electron chi connectivity index (χ2n) is 9.49. The third-order valence-electron chi connectivity index (χ3n) is 6.00. The molecule has 254 valence electrons. The molecule has 2 aromatic carbocycles. The van der Waals surface area contributed by atoms with Crippen molar-refractivity contribution in [3.05, 3.63) is 48.5 Å². The standard InChI is InChI=1S/C31H36N2O14/c1-2-22(15-34)16-43-31(40)33-24-9-13-26(14-10-24)42-18-30(39)47-21-45-28(37)6-4-3-5-27(36)44-20-46-29(38)17-41-25-11-7-23(8-12-25)32-19-35/h7-14,22,34H,2-6,15-18,20-21H2,1H3,(H,33,40). The molecule has 47 heavy (non-hydrogen) atoms. The lowest BCUT2D eigenvalue weighted by molar-refractivity contribution is -0.171. The number of carbonyl (C=O) groups is 5. The van der Waals surface area contributed by atoms with Crippen molar-refractivity contribution in [3.8, 4) is 11.5 Å². The molecule has 0 saturated carbocycles. The van der Waals surface area contributed by atoms with Crippen LogP contribution in [0.2, 0.25) is 0 Å². The minimum atomic E-state index is -0.784. The van der Waals surface area contributed by atoms with E-state index in [2.05, 4.69) is 10.3 Å². The van der Waals surface area contributed by atoms with E-state index in [0.29, 0.717) is 42.1 Å². The monoisotopic (exact) mass is 660 g/mol. The molecule has 0 aliphatic carbocycles. The fourth-order valence-electron chi connectivity index (χ4n) is 3.32. The van der Waals surface area contributed by atoms with Crippen molar-refractivity contribution in [1.29, 1.82) is 0 Å². The zero-order valence-corrected chi connectivity index (χ0v) is 25.7. The zero-order chi connectivity index (χ0) is 34.3. The number of esters is 4. The van der Waals surface area contributed by atoms with Gasteiger partial charge in [-0.1, -0.05) is 6.92 Å². The van der Waals surface area contributed by atoms with Crippen LogP contribution in [0.15, 0.2) is 53.5 Å². The van der Waals surface area contributed by atoms with Crippen LogP contribution >= 0.6 is 0 Å². The van der Waals surface area contributed by atoms with E-state index in [1.165, 1.54) is 54.6 Å². The van der Waals surface area contributed by atoms with E-state index in [1.807, 2.05) is 6.92 Å². The summed E-state index contributed by atoms with van der Waals surface area (Å²) in [6, 6.07) is 12.1. The van der Waals surface area contributed by atoms with Gasteiger partial charge in [0.15, 0.2) is 13.2 Å². The Kier molecular flexibility index (Phi) is 17.7. The first-order valence-electron chi connectivity index (χ1n) is 14.4. The van der Waals surface area contributed by atoms with Crippen LogP contribution in [0.25, 0.3) is 0 Å². The van der Waals surface area contributed by atoms with Crippen LogP contribution in [0.3, 0.4) is 0 Å². The van der Waals surface area contributed by atoms with Crippen LogP contribution in [0.4, 0.5) is 16.2 Å². The van der Waals surface area contributed by atoms with Gasteiger partial charge in [-0.25, -0.2) is 19.2 Å². The van der Waals surface area contributed by atoms with Crippen molar-refractivity contribution < 1.29 is 67.0 Å². The number of hydrogen-bond donors (Lipinski definition) is 2. The molecule has 1 atom stereocenters. The summed E-state index contributed by atoms with van der Waals surface area (Å²) >= 11 is 0. The van der Waals surface area contributed by atoms with Crippen LogP contribution < -0.4 is 14.8 Å². The number of rotatable bonds is 21. The van der Waals surface area contributed by atoms with Gasteiger partial charge in [-0.2, -0.15) is 4.99 Å². The van der Waals surface area contributed by atoms with E-state index in [1.54, 1.807) is 0 Å². The van der Waals surface area contributed by atoms with Gasteiger partial charge in [0.1, 0.15) is 11.5 Å². The average Bonchev–Trinajstić information content (AvgIpc) is 3.06. The van der Waals surface area contributed by atoms with Crippen molar-refractivity contribution in [2.75, 3.05) is 45.3 Å². The SMILES string of the molecule is CCC(CO)COC(=O)Nc1ccc(OCC(=O)OCOC(=O)CCCCC(=O)OCOC(=O)COc2ccc(N=C=O)cc2)cc1. The molecule has 16 heteroatoms. The Morgan fingerprint density at radius 1 is 0.745 bits per heavy atom. The van der Waals surface area contributed by atoms with Gasteiger partial charge < -0.3 is 38.3 Å². The number of unbranched alkanes of at least 4 members (excludes halogenated alkanes) is 1. The minimum Gasteiger partial charge on any atom is -0.482 e. The Balaban J connectivity index is 1.48. The Morgan fingerprint density at radius 3 is 1.70 bits per heavy atom. The third kappa shape index (κ3) is 17.0. The van der Waals surface area contributed by atoms with E-state index in [4.69, 9.17) is 38.3 Å². The lowest BCUT2D eigenvalue weighted by Gasteiger charge is -2.13. The molecule has 0 aliphatic rings. The van der Waals surface area contributed by atoms with E-state index in [0.717, 1.165) is 0 Å². The Bertz CT molecular complexity index is 1340. The summed E-state index contributed by atoms with van der Waals surface area (Å²) in [5, 5.41) is 11.7. The van der Waals surface area contributed by atoms with Crippen molar-refractivity contribution in [1.82, 2.24) is 0 Å². The summed E-state index contributed by atoms with van der Waals surface area (Å²) in [6.07, 6.45) is 1.92. The first-order valence-corrected chi connectivity index (χ1v) is 14.4. The molecule has 1 amide bonds. The Labute approximate surface area is 269 Å². The molecule has 0 aromatic heterocycles. The number of aliphatic hydroxyl groups is 1. The molecular weight excluding hydrogens is 624 g/mol. The molecule has 2 aromatic rings. The van der Waals surface area contributed by atoms with Gasteiger partial charge in [-0.3, -0.25) is 14.9 Å². The number of amides is 1. The molecular formula is C31H36N2O14. The van der Waals surface area contributed by atoms with Crippen molar-refractivity contribution >= 4 is 47.4 Å². The van der Waals surface area contributed by atoms with Crippen LogP contribution in [-0.2, 0) is 47.7 Å². The average molecular weight is 661 g/mol. The maximum absolute atomic E-state index is 11.9. The smallest absolute Gasteiger partial charge is 0.411 e. The largest absolute Gasteiger partial charge is 0.482 e. The number of nitrogens with one attached hydrogen (secondary N) is 1. The molecule has 0 bridgehead atoms. The highest BCUT2D eigenvalue weighted by molar-refractivity contribution is 5.84. The number of anilines is 1. The maximum Gasteiger partial charge on any atom is 0.411 e. The number of hydrogen-bond acceptors (Lipinski definition) is 15. The number of aliphatic hydroxyl groups excluding tert-OH is 1. The molecule has 0 fully saturated rings. The molecule has 2 rings (SSSR count). The maximum atomic E-state index is 11.9. The minimum absolute atomic E-state index is 0.0333. The lowest BCUT2D eigenvalue weighted by atomic mass is 10.1. The van der Waals surface area contributed by atoms with Crippen molar-refractivity contribution in [2.24, 2.45) is 10.9 Å². The van der Waals surface area contributed by atoms with E-state index < -0.39 is 56.8 Å². The predicted molar refractivity (Wildman–Crippen MR) is 160 cm³/mol. The Morgan fingerprint density at radius 2 is 1.23 bits per heavy atom. The second kappa shape index (κ2) is 22.1. The molecule has 16 nitrogen and oxygen atoms in total. The Hall–Kier alpha value is -5.47. The number of benzene rings is 2. The summed E-state index contributed by atoms with van der Waals surface area (Å²) < 4.78 is 34.8. The van der Waals surface area contributed by atoms with Gasteiger partial charge >= 0.3 is 30.0 Å². The van der Waals surface area contributed by atoms with E-state index in [-0.39, 0.29) is 32.0 Å². The topological polar surface area (TPSA) is 212 Å². The van der Waals surface area contributed by atoms with Gasteiger partial charge in [-0.15, -0.1) is 0 Å². The van der Waals surface area contributed by atoms with Crippen molar-refractivity contribution in [3.63, 3.8) is 0 Å². The zero-order valence-electron chi connectivity index (χ0n) is 25.7. The third-order valence-corrected chi connectivity index (χ3v) is 6.00. The fourth-order valence-corrected chi connectivity index (χ4v) is 3.32. The quantitative estimate of drug-likeness (QED) is 0.0491. The molecule has 0 aliphatic heterocycles. The predicted octanol–water partition coefficient (Wildman–Crippen LogP) is 3.33. The summed E-state index contributed by atoms with van der Waals surface area (Å²) in [6.45, 7) is -0.209. The summed E-state index contributed by atoms with van der Waals surface area (Å²) in [7, 11) is 0. The van der Waals surface area contributed by atoms with Crippen LogP contribution in [0, 0.1) is 5.92 Å². The van der Waals surface area contributed by atoms with Gasteiger partial charge in [0.05, 0.1) is 12.3 Å². The van der Waals surface area contributed by atoms with Crippen molar-refractivity contribution in [2.45, 2.75) is 39.0 Å². The van der Waals surface area contributed by atoms with Gasteiger partial charge in [-0.05, 0) is 67.8 Å². The number of isocyanates is 1. The molecule has 0 heterocycles. The highest BCUT2D eigenvalue weighted by Gasteiger charge is 2.12. The van der Waals surface area contributed by atoms with Gasteiger partial charge in [0, 0.05) is 31.1 Å². The number of nitrogens with zero attached hydrogens (tertiary/aromatic N) is 1. The lowest BCUT2D eigenvalue weighted by Crippen LogP contribution is -2.20. The second-order valence-corrected chi connectivity index (χ2v) is 9.49. The summed E-state index contributed by atoms with van der Waals surface area (Å²) in [5.41, 5.74) is 0.809. The van der Waals surface area contributed by atoms with Gasteiger partial charge in [0.2, 0.25) is 19.7 Å². The first kappa shape index (κ1) is 37.7. The number of aliphatic imine (C=N–C) groups is 1. The van der Waals surface area contributed by atoms with Crippen LogP contribution in [0.1, 0.15) is 39.0 Å². The first-order chi connectivity index (χ1) is 22.7. The highest BCUT2D eigenvalue weighted by Crippen LogP contribution is 2.18. The van der Waals surface area contributed by atoms with E-state index >= 15 is 0 Å². The molecule has 1 unspecified atom stereocenters. The van der Waals surface area contributed by atoms with E-state index in [9.17, 15) is 28.8 Å².